The molecule has 1 aliphatic carbocycles. The molecule has 1 fully saturated rings. The highest BCUT2D eigenvalue weighted by Gasteiger charge is 2.33. The molecule has 4 heteroatoms. The van der Waals surface area contributed by atoms with Crippen molar-refractivity contribution in [3.8, 4) is 5.88 Å². The summed E-state index contributed by atoms with van der Waals surface area (Å²) in [6, 6.07) is 0. The summed E-state index contributed by atoms with van der Waals surface area (Å²) in [5.41, 5.74) is 0.979. The fourth-order valence-electron chi connectivity index (χ4n) is 2.66. The number of hydrogen-bond donors (Lipinski definition) is 1. The minimum absolute atomic E-state index is 0.267. The van der Waals surface area contributed by atoms with Gasteiger partial charge >= 0.3 is 0 Å². The molecule has 1 saturated carbocycles. The van der Waals surface area contributed by atoms with E-state index in [0.717, 1.165) is 25.7 Å². The molecule has 1 aliphatic rings. The molecule has 1 unspecified atom stereocenters. The second-order valence-corrected chi connectivity index (χ2v) is 5.90. The molecule has 4 nitrogen and oxygen atoms in total. The van der Waals surface area contributed by atoms with Crippen LogP contribution in [-0.4, -0.2) is 22.2 Å². The molecule has 0 saturated heterocycles. The molecule has 0 aromatic carbocycles. The molecule has 0 radical (unpaired) electrons. The third kappa shape index (κ3) is 2.80. The Morgan fingerprint density at radius 1 is 1.28 bits per heavy atom. The van der Waals surface area contributed by atoms with Crippen LogP contribution in [0.4, 0.5) is 0 Å². The third-order valence-electron chi connectivity index (χ3n) is 4.00. The van der Waals surface area contributed by atoms with Crippen molar-refractivity contribution in [2.45, 2.75) is 45.6 Å². The van der Waals surface area contributed by atoms with Crippen LogP contribution in [0.1, 0.15) is 51.3 Å². The van der Waals surface area contributed by atoms with E-state index >= 15 is 0 Å². The molecule has 0 amide bonds. The minimum Gasteiger partial charge on any atom is -0.480 e. The maximum absolute atomic E-state index is 10.4. The van der Waals surface area contributed by atoms with Crippen molar-refractivity contribution in [2.24, 2.45) is 11.3 Å². The van der Waals surface area contributed by atoms with Gasteiger partial charge in [-0.1, -0.05) is 13.8 Å². The Bertz CT molecular complexity index is 397. The van der Waals surface area contributed by atoms with Gasteiger partial charge in [-0.05, 0) is 37.0 Å². The first-order valence-corrected chi connectivity index (χ1v) is 6.56. The van der Waals surface area contributed by atoms with Crippen LogP contribution in [0.3, 0.4) is 0 Å². The van der Waals surface area contributed by atoms with Gasteiger partial charge in [0.15, 0.2) is 0 Å². The number of hydrogen-bond acceptors (Lipinski definition) is 4. The summed E-state index contributed by atoms with van der Waals surface area (Å²) in [6.07, 6.45) is 6.99. The van der Waals surface area contributed by atoms with Gasteiger partial charge in [-0.25, -0.2) is 4.98 Å². The van der Waals surface area contributed by atoms with E-state index in [0.29, 0.717) is 17.0 Å². The Kier molecular flexibility index (Phi) is 3.85. The van der Waals surface area contributed by atoms with Crippen LogP contribution in [0, 0.1) is 11.3 Å². The number of aromatic nitrogens is 2. The largest absolute Gasteiger partial charge is 0.480 e. The molecule has 0 bridgehead atoms. The molecule has 1 N–H and O–H groups in total. The predicted octanol–water partition coefficient (Wildman–Crippen LogP) is 2.74. The monoisotopic (exact) mass is 250 g/mol. The van der Waals surface area contributed by atoms with Crippen molar-refractivity contribution >= 4 is 0 Å². The van der Waals surface area contributed by atoms with Crippen LogP contribution >= 0.6 is 0 Å². The van der Waals surface area contributed by atoms with Gasteiger partial charge in [-0.3, -0.25) is 4.98 Å². The predicted molar refractivity (Wildman–Crippen MR) is 69.3 cm³/mol. The molecule has 0 aliphatic heterocycles. The fraction of sp³-hybridized carbons (Fsp3) is 0.714. The van der Waals surface area contributed by atoms with Crippen molar-refractivity contribution in [3.05, 3.63) is 18.1 Å². The summed E-state index contributed by atoms with van der Waals surface area (Å²) in [6.45, 7) is 4.58. The zero-order valence-electron chi connectivity index (χ0n) is 11.4. The lowest BCUT2D eigenvalue weighted by Gasteiger charge is -2.36. The maximum Gasteiger partial charge on any atom is 0.238 e. The van der Waals surface area contributed by atoms with Gasteiger partial charge in [0.05, 0.1) is 7.11 Å². The summed E-state index contributed by atoms with van der Waals surface area (Å²) in [5.74, 6) is 0.707. The van der Waals surface area contributed by atoms with Crippen molar-refractivity contribution in [1.29, 1.82) is 0 Å². The molecular weight excluding hydrogens is 228 g/mol. The Morgan fingerprint density at radius 2 is 1.89 bits per heavy atom. The maximum atomic E-state index is 10.4. The zero-order chi connectivity index (χ0) is 13.2. The molecule has 1 aromatic heterocycles. The lowest BCUT2D eigenvalue weighted by Crippen LogP contribution is -2.25. The number of aliphatic hydroxyl groups excluding tert-OH is 1. The third-order valence-corrected chi connectivity index (χ3v) is 4.00. The van der Waals surface area contributed by atoms with Gasteiger partial charge in [0.2, 0.25) is 5.88 Å². The molecule has 18 heavy (non-hydrogen) atoms. The number of aliphatic hydroxyl groups is 1. The van der Waals surface area contributed by atoms with Crippen molar-refractivity contribution < 1.29 is 9.84 Å². The number of methoxy groups -OCH3 is 1. The Hall–Kier alpha value is -1.16. The average Bonchev–Trinajstić information content (AvgIpc) is 2.38. The van der Waals surface area contributed by atoms with Crippen molar-refractivity contribution in [3.63, 3.8) is 0 Å². The normalized spacial score (nSPS) is 21.6. The van der Waals surface area contributed by atoms with Gasteiger partial charge in [0.1, 0.15) is 11.8 Å². The van der Waals surface area contributed by atoms with E-state index in [2.05, 4.69) is 23.8 Å². The Labute approximate surface area is 108 Å². The number of rotatable bonds is 3. The van der Waals surface area contributed by atoms with Crippen LogP contribution < -0.4 is 4.74 Å². The van der Waals surface area contributed by atoms with E-state index in [1.165, 1.54) is 0 Å². The van der Waals surface area contributed by atoms with Crippen LogP contribution in [0.25, 0.3) is 0 Å². The average molecular weight is 250 g/mol. The highest BCUT2D eigenvalue weighted by molar-refractivity contribution is 5.20. The summed E-state index contributed by atoms with van der Waals surface area (Å²) < 4.78 is 5.16. The lowest BCUT2D eigenvalue weighted by atomic mass is 9.71. The molecular formula is C14H22N2O2. The van der Waals surface area contributed by atoms with E-state index in [-0.39, 0.29) is 5.92 Å². The van der Waals surface area contributed by atoms with Crippen molar-refractivity contribution in [1.82, 2.24) is 9.97 Å². The van der Waals surface area contributed by atoms with Crippen molar-refractivity contribution in [2.75, 3.05) is 7.11 Å². The summed E-state index contributed by atoms with van der Waals surface area (Å²) in [5, 5.41) is 10.4. The standard InChI is InChI=1S/C14H22N2O2/c1-14(2)6-4-10(5-7-14)12(17)11-13(18-3)16-9-8-15-11/h8-10,12,17H,4-7H2,1-3H3. The highest BCUT2D eigenvalue weighted by atomic mass is 16.5. The van der Waals surface area contributed by atoms with E-state index in [4.69, 9.17) is 4.74 Å². The van der Waals surface area contributed by atoms with Gasteiger partial charge in [-0.15, -0.1) is 0 Å². The highest BCUT2D eigenvalue weighted by Crippen LogP contribution is 2.43. The van der Waals surface area contributed by atoms with E-state index in [1.54, 1.807) is 19.5 Å². The Balaban J connectivity index is 2.10. The smallest absolute Gasteiger partial charge is 0.238 e. The van der Waals surface area contributed by atoms with E-state index in [1.807, 2.05) is 0 Å². The minimum atomic E-state index is -0.565. The molecule has 1 aromatic rings. The van der Waals surface area contributed by atoms with E-state index < -0.39 is 6.10 Å². The van der Waals surface area contributed by atoms with Crippen LogP contribution in [0.5, 0.6) is 5.88 Å². The Morgan fingerprint density at radius 3 is 2.50 bits per heavy atom. The van der Waals surface area contributed by atoms with Crippen LogP contribution in [-0.2, 0) is 0 Å². The second kappa shape index (κ2) is 5.22. The molecule has 1 atom stereocenters. The first-order chi connectivity index (χ1) is 8.53. The fourth-order valence-corrected chi connectivity index (χ4v) is 2.66. The summed E-state index contributed by atoms with van der Waals surface area (Å²) >= 11 is 0. The number of ether oxygens (including phenoxy) is 1. The van der Waals surface area contributed by atoms with Crippen LogP contribution in [0.2, 0.25) is 0 Å². The molecule has 1 heterocycles. The van der Waals surface area contributed by atoms with Gasteiger partial charge in [0, 0.05) is 12.4 Å². The van der Waals surface area contributed by atoms with Crippen LogP contribution in [0.15, 0.2) is 12.4 Å². The van der Waals surface area contributed by atoms with Gasteiger partial charge < -0.3 is 9.84 Å². The molecule has 2 rings (SSSR count). The molecule has 0 spiro atoms. The SMILES string of the molecule is COc1nccnc1C(O)C1CCC(C)(C)CC1. The lowest BCUT2D eigenvalue weighted by molar-refractivity contribution is 0.0515. The van der Waals surface area contributed by atoms with Gasteiger partial charge in [-0.2, -0.15) is 0 Å². The second-order valence-electron chi connectivity index (χ2n) is 5.90. The van der Waals surface area contributed by atoms with Gasteiger partial charge in [0.25, 0.3) is 0 Å². The number of nitrogens with zero attached hydrogens (tertiary/aromatic N) is 2. The zero-order valence-corrected chi connectivity index (χ0v) is 11.4. The topological polar surface area (TPSA) is 55.2 Å². The van der Waals surface area contributed by atoms with E-state index in [9.17, 15) is 5.11 Å². The quantitative estimate of drug-likeness (QED) is 0.896. The molecule has 100 valence electrons. The first kappa shape index (κ1) is 13.3. The summed E-state index contributed by atoms with van der Waals surface area (Å²) in [7, 11) is 1.56. The summed E-state index contributed by atoms with van der Waals surface area (Å²) in [4.78, 5) is 8.32. The first-order valence-electron chi connectivity index (χ1n) is 6.56.